The minimum atomic E-state index is 0.868. The van der Waals surface area contributed by atoms with Gasteiger partial charge in [-0.15, -0.1) is 0 Å². The Balaban J connectivity index is 1.44. The maximum absolute atomic E-state index is 6.32. The average molecular weight is 436 g/mol. The van der Waals surface area contributed by atoms with Crippen LogP contribution in [-0.2, 0) is 19.3 Å². The van der Waals surface area contributed by atoms with E-state index in [-0.39, 0.29) is 0 Å². The summed E-state index contributed by atoms with van der Waals surface area (Å²) in [4.78, 5) is 12.4. The summed E-state index contributed by atoms with van der Waals surface area (Å²) in [5, 5.41) is 8.11. The molecule has 1 fully saturated rings. The molecular formula is C26H29BN6. The van der Waals surface area contributed by atoms with Crippen LogP contribution in [-0.4, -0.2) is 59.6 Å². The van der Waals surface area contributed by atoms with E-state index in [0.29, 0.717) is 0 Å². The number of aryl methyl sites for hydroxylation is 2. The number of pyridine rings is 1. The third kappa shape index (κ3) is 3.59. The molecule has 3 aliphatic rings. The first-order chi connectivity index (χ1) is 16.2. The van der Waals surface area contributed by atoms with E-state index in [9.17, 15) is 0 Å². The standard InChI is InChI=1S/C26H29BN6/c1-2-17-15-22-26(30-24(17)21-8-4-6-18-5-3-7-20(18)21)25(31-33(22)27)19-9-10-23(29-16-19)32-13-11-28-12-14-32/h4,6,8,15-16,28H,2-3,5,7,9-14H2,1H3. The van der Waals surface area contributed by atoms with Crippen molar-refractivity contribution in [2.24, 2.45) is 4.99 Å². The van der Waals surface area contributed by atoms with Gasteiger partial charge in [-0.1, -0.05) is 25.1 Å². The zero-order valence-corrected chi connectivity index (χ0v) is 19.3. The van der Waals surface area contributed by atoms with E-state index < -0.39 is 0 Å². The van der Waals surface area contributed by atoms with Crippen LogP contribution in [0.2, 0.25) is 0 Å². The van der Waals surface area contributed by atoms with E-state index >= 15 is 0 Å². The highest BCUT2D eigenvalue weighted by Gasteiger charge is 2.23. The minimum Gasteiger partial charge on any atom is -0.358 e. The van der Waals surface area contributed by atoms with Crippen molar-refractivity contribution in [1.82, 2.24) is 24.9 Å². The second kappa shape index (κ2) is 8.45. The summed E-state index contributed by atoms with van der Waals surface area (Å²) in [5.74, 6) is 1.18. The van der Waals surface area contributed by atoms with Crippen LogP contribution in [0, 0.1) is 0 Å². The largest absolute Gasteiger partial charge is 0.358 e. The van der Waals surface area contributed by atoms with E-state index in [0.717, 1.165) is 79.9 Å². The van der Waals surface area contributed by atoms with Crippen molar-refractivity contribution in [1.29, 1.82) is 0 Å². The van der Waals surface area contributed by atoms with Gasteiger partial charge in [0.25, 0.3) is 7.98 Å². The maximum Gasteiger partial charge on any atom is 0.265 e. The number of rotatable bonds is 3. The van der Waals surface area contributed by atoms with E-state index in [2.05, 4.69) is 41.4 Å². The summed E-state index contributed by atoms with van der Waals surface area (Å²) in [6.07, 6.45) is 8.24. The summed E-state index contributed by atoms with van der Waals surface area (Å²) in [5.41, 5.74) is 10.3. The summed E-state index contributed by atoms with van der Waals surface area (Å²) in [6, 6.07) is 8.85. The molecule has 0 bridgehead atoms. The first-order valence-corrected chi connectivity index (χ1v) is 12.2. The lowest BCUT2D eigenvalue weighted by atomic mass is 9.95. The van der Waals surface area contributed by atoms with Crippen molar-refractivity contribution < 1.29 is 0 Å². The molecule has 0 amide bonds. The summed E-state index contributed by atoms with van der Waals surface area (Å²) in [7, 11) is 6.32. The molecule has 166 valence electrons. The van der Waals surface area contributed by atoms with Crippen LogP contribution in [0.15, 0.2) is 35.5 Å². The number of hydrogen-bond donors (Lipinski definition) is 1. The van der Waals surface area contributed by atoms with E-state index in [1.165, 1.54) is 45.5 Å². The predicted molar refractivity (Wildman–Crippen MR) is 135 cm³/mol. The minimum absolute atomic E-state index is 0.868. The molecule has 1 N–H and O–H groups in total. The Kier molecular flexibility index (Phi) is 5.29. The molecule has 0 unspecified atom stereocenters. The molecule has 1 saturated heterocycles. The highest BCUT2D eigenvalue weighted by Crippen LogP contribution is 2.36. The van der Waals surface area contributed by atoms with Crippen LogP contribution in [0.1, 0.15) is 48.6 Å². The van der Waals surface area contributed by atoms with Gasteiger partial charge in [0.15, 0.2) is 0 Å². The Morgan fingerprint density at radius 1 is 1.06 bits per heavy atom. The Morgan fingerprint density at radius 2 is 1.94 bits per heavy atom. The highest BCUT2D eigenvalue weighted by molar-refractivity contribution is 6.11. The first kappa shape index (κ1) is 20.7. The number of benzene rings is 1. The van der Waals surface area contributed by atoms with Gasteiger partial charge >= 0.3 is 0 Å². The Morgan fingerprint density at radius 3 is 2.73 bits per heavy atom. The van der Waals surface area contributed by atoms with Crippen LogP contribution in [0.3, 0.4) is 0 Å². The lowest BCUT2D eigenvalue weighted by Crippen LogP contribution is -2.46. The fraction of sp³-hybridized carbons (Fsp3) is 0.423. The number of allylic oxidation sites excluding steroid dienone is 1. The fourth-order valence-corrected chi connectivity index (χ4v) is 5.53. The van der Waals surface area contributed by atoms with E-state index in [4.69, 9.17) is 23.1 Å². The SMILES string of the molecule is [B]n1nc(C2=CN=C(N3CCNCC3)CC2)c2nc(-c3cccc4c3CCC4)c(CC)cc21. The van der Waals surface area contributed by atoms with Gasteiger partial charge in [-0.25, -0.2) is 9.98 Å². The average Bonchev–Trinajstić information content (AvgIpc) is 3.48. The molecule has 6 rings (SSSR count). The molecule has 4 heterocycles. The van der Waals surface area contributed by atoms with Crippen LogP contribution in [0.4, 0.5) is 0 Å². The second-order valence-corrected chi connectivity index (χ2v) is 9.24. The van der Waals surface area contributed by atoms with Gasteiger partial charge in [-0.3, -0.25) is 0 Å². The fourth-order valence-electron chi connectivity index (χ4n) is 5.53. The monoisotopic (exact) mass is 436 g/mol. The number of amidine groups is 1. The number of aliphatic imine (C=N–C) groups is 1. The van der Waals surface area contributed by atoms with Crippen LogP contribution in [0.25, 0.3) is 27.9 Å². The quantitative estimate of drug-likeness (QED) is 0.639. The molecule has 33 heavy (non-hydrogen) atoms. The first-order valence-electron chi connectivity index (χ1n) is 12.2. The Hall–Kier alpha value is -2.93. The van der Waals surface area contributed by atoms with Crippen molar-refractivity contribution in [3.05, 3.63) is 52.8 Å². The lowest BCUT2D eigenvalue weighted by Gasteiger charge is -2.31. The summed E-state index contributed by atoms with van der Waals surface area (Å²) >= 11 is 0. The highest BCUT2D eigenvalue weighted by atomic mass is 15.2. The van der Waals surface area contributed by atoms with Gasteiger partial charge < -0.3 is 14.8 Å². The Labute approximate surface area is 196 Å². The predicted octanol–water partition coefficient (Wildman–Crippen LogP) is 3.52. The van der Waals surface area contributed by atoms with Gasteiger partial charge in [-0.2, -0.15) is 5.10 Å². The van der Waals surface area contributed by atoms with Crippen molar-refractivity contribution in [3.8, 4) is 11.3 Å². The van der Waals surface area contributed by atoms with Gasteiger partial charge in [0.1, 0.15) is 17.0 Å². The molecule has 6 nitrogen and oxygen atoms in total. The van der Waals surface area contributed by atoms with Gasteiger partial charge in [0, 0.05) is 49.9 Å². The molecular weight excluding hydrogens is 407 g/mol. The maximum atomic E-state index is 6.32. The third-order valence-electron chi connectivity index (χ3n) is 7.32. The molecule has 2 aromatic heterocycles. The third-order valence-corrected chi connectivity index (χ3v) is 7.32. The van der Waals surface area contributed by atoms with Gasteiger partial charge in [-0.05, 0) is 54.9 Å². The number of aromatic nitrogens is 3. The topological polar surface area (TPSA) is 58.3 Å². The molecule has 7 heteroatoms. The lowest BCUT2D eigenvalue weighted by molar-refractivity contribution is 0.351. The molecule has 2 radical (unpaired) electrons. The number of nitrogens with zero attached hydrogens (tertiary/aromatic N) is 5. The zero-order valence-electron chi connectivity index (χ0n) is 19.3. The van der Waals surface area contributed by atoms with E-state index in [1.54, 1.807) is 0 Å². The molecule has 3 aromatic rings. The molecule has 2 aliphatic heterocycles. The smallest absolute Gasteiger partial charge is 0.265 e. The van der Waals surface area contributed by atoms with Gasteiger partial charge in [0.2, 0.25) is 0 Å². The molecule has 1 aliphatic carbocycles. The van der Waals surface area contributed by atoms with Gasteiger partial charge in [0.05, 0.1) is 11.2 Å². The molecule has 0 spiro atoms. The second-order valence-electron chi connectivity index (χ2n) is 9.24. The van der Waals surface area contributed by atoms with Crippen molar-refractivity contribution in [2.75, 3.05) is 26.2 Å². The summed E-state index contributed by atoms with van der Waals surface area (Å²) < 4.78 is 1.49. The molecule has 0 atom stereocenters. The van der Waals surface area contributed by atoms with Crippen molar-refractivity contribution >= 4 is 30.4 Å². The number of fused-ring (bicyclic) bond motifs is 2. The van der Waals surface area contributed by atoms with Crippen LogP contribution >= 0.6 is 0 Å². The zero-order chi connectivity index (χ0) is 22.4. The number of nitrogens with one attached hydrogen (secondary N) is 1. The Bertz CT molecular complexity index is 1280. The van der Waals surface area contributed by atoms with Crippen LogP contribution < -0.4 is 5.32 Å². The molecule has 0 saturated carbocycles. The summed E-state index contributed by atoms with van der Waals surface area (Å²) in [6.45, 7) is 6.27. The number of piperazine rings is 1. The van der Waals surface area contributed by atoms with Crippen LogP contribution in [0.5, 0.6) is 0 Å². The number of hydrogen-bond acceptors (Lipinski definition) is 5. The normalized spacial score (nSPS) is 18.4. The van der Waals surface area contributed by atoms with Crippen molar-refractivity contribution in [2.45, 2.75) is 45.4 Å². The van der Waals surface area contributed by atoms with Crippen molar-refractivity contribution in [3.63, 3.8) is 0 Å². The molecule has 1 aromatic carbocycles. The van der Waals surface area contributed by atoms with E-state index in [1.807, 2.05) is 6.20 Å².